The zero-order valence-electron chi connectivity index (χ0n) is 81.4. The van der Waals surface area contributed by atoms with Gasteiger partial charge in [-0.2, -0.15) is 0 Å². The van der Waals surface area contributed by atoms with Crippen molar-refractivity contribution in [3.63, 3.8) is 0 Å². The molecule has 1 atom stereocenters. The van der Waals surface area contributed by atoms with E-state index in [0.29, 0.717) is 12.6 Å². The zero-order valence-corrected chi connectivity index (χ0v) is 81.4. The molecule has 18 rings (SSSR count). The first kappa shape index (κ1) is 97.9. The summed E-state index contributed by atoms with van der Waals surface area (Å²) in [6.45, 7) is 42.5. The third kappa shape index (κ3) is 26.9. The van der Waals surface area contributed by atoms with E-state index >= 15 is 0 Å². The van der Waals surface area contributed by atoms with Crippen LogP contribution in [0, 0.1) is 48.5 Å². The molecule has 16 heterocycles. The number of aromatic nitrogens is 21. The van der Waals surface area contributed by atoms with E-state index < -0.39 is 0 Å². The van der Waals surface area contributed by atoms with Crippen LogP contribution in [0.5, 0.6) is 0 Å². The van der Waals surface area contributed by atoms with Crippen molar-refractivity contribution in [1.29, 1.82) is 0 Å². The molecule has 0 amide bonds. The number of hydrogen-bond acceptors (Lipinski definition) is 22. The molecular weight excluding hydrogens is 1670 g/mol. The zero-order chi connectivity index (χ0) is 94.1. The van der Waals surface area contributed by atoms with Crippen LogP contribution in [0.4, 0.5) is 34.9 Å². The maximum Gasteiger partial charge on any atom is 0.154 e. The Bertz CT molecular complexity index is 6440. The monoisotopic (exact) mass is 1800 g/mol. The van der Waals surface area contributed by atoms with Crippen LogP contribution >= 0.6 is 0 Å². The van der Waals surface area contributed by atoms with Crippen molar-refractivity contribution in [3.8, 4) is 0 Å². The van der Waals surface area contributed by atoms with E-state index in [9.17, 15) is 0 Å². The van der Waals surface area contributed by atoms with Crippen molar-refractivity contribution in [2.24, 2.45) is 0 Å². The highest BCUT2D eigenvalue weighted by molar-refractivity contribution is 5.92. The first-order valence-corrected chi connectivity index (χ1v) is 48.2. The predicted octanol–water partition coefficient (Wildman–Crippen LogP) is 22.7. The van der Waals surface area contributed by atoms with Gasteiger partial charge < -0.3 is 64.0 Å². The van der Waals surface area contributed by atoms with Crippen LogP contribution in [-0.4, -0.2) is 154 Å². The van der Waals surface area contributed by atoms with Gasteiger partial charge in [0.05, 0.1) is 51.4 Å². The van der Waals surface area contributed by atoms with Gasteiger partial charge in [-0.05, 0) is 196 Å². The van der Waals surface area contributed by atoms with Gasteiger partial charge in [0.25, 0.3) is 0 Å². The van der Waals surface area contributed by atoms with E-state index in [2.05, 4.69) is 325 Å². The molecule has 1 aliphatic heterocycles. The lowest BCUT2D eigenvalue weighted by molar-refractivity contribution is 0.0980. The Morgan fingerprint density at radius 1 is 0.366 bits per heavy atom. The van der Waals surface area contributed by atoms with E-state index in [1.165, 1.54) is 64.3 Å². The summed E-state index contributed by atoms with van der Waals surface area (Å²) in [5.74, 6) is 10.4. The maximum absolute atomic E-state index is 5.76. The molecule has 17 aromatic rings. The smallest absolute Gasteiger partial charge is 0.154 e. The van der Waals surface area contributed by atoms with Gasteiger partial charge in [0.15, 0.2) is 34.9 Å². The topological polar surface area (TPSA) is 304 Å². The third-order valence-electron chi connectivity index (χ3n) is 23.1. The summed E-state index contributed by atoms with van der Waals surface area (Å²) in [6, 6.07) is 39.3. The molecule has 702 valence electrons. The molecular formula is C106H137N27O. The van der Waals surface area contributed by atoms with Gasteiger partial charge in [0.2, 0.25) is 0 Å². The number of unbranched alkanes of at least 4 members (excludes halogenated alkanes) is 6. The van der Waals surface area contributed by atoms with Gasteiger partial charge in [-0.3, -0.25) is 15.0 Å². The minimum absolute atomic E-state index is 0.324. The number of anilines is 6. The summed E-state index contributed by atoms with van der Waals surface area (Å²) in [5, 5.41) is 23.2. The van der Waals surface area contributed by atoms with Crippen LogP contribution in [0.3, 0.4) is 0 Å². The first-order valence-electron chi connectivity index (χ1n) is 48.2. The second-order valence-corrected chi connectivity index (χ2v) is 34.6. The first-order chi connectivity index (χ1) is 65.4. The van der Waals surface area contributed by atoms with Crippen LogP contribution in [0.1, 0.15) is 208 Å². The minimum Gasteiger partial charge on any atom is -0.376 e. The number of fused-ring (bicyclic) bond motifs is 7. The fraction of sp³-hybridized carbons (Fsp3) is 0.406. The fourth-order valence-corrected chi connectivity index (χ4v) is 16.4. The van der Waals surface area contributed by atoms with E-state index in [1.54, 1.807) is 6.20 Å². The molecule has 1 aliphatic rings. The minimum atomic E-state index is 0.324. The Hall–Kier alpha value is -13.6. The van der Waals surface area contributed by atoms with Crippen LogP contribution in [-0.2, 0) is 44.0 Å². The van der Waals surface area contributed by atoms with Crippen LogP contribution in [0.25, 0.3) is 77.0 Å². The Morgan fingerprint density at radius 3 is 1.19 bits per heavy atom. The normalized spacial score (nSPS) is 12.2. The number of ether oxygens (including phenoxy) is 1. The Labute approximate surface area is 789 Å². The summed E-state index contributed by atoms with van der Waals surface area (Å²) in [7, 11) is 0. The Morgan fingerprint density at radius 2 is 0.754 bits per heavy atom. The molecule has 1 unspecified atom stereocenters. The molecule has 1 fully saturated rings. The van der Waals surface area contributed by atoms with Crippen molar-refractivity contribution in [3.05, 3.63) is 258 Å². The summed E-state index contributed by atoms with van der Waals surface area (Å²) < 4.78 is 19.0. The van der Waals surface area contributed by atoms with Gasteiger partial charge in [0, 0.05) is 152 Å². The van der Waals surface area contributed by atoms with Crippen molar-refractivity contribution in [1.82, 2.24) is 102 Å². The highest BCUT2D eigenvalue weighted by Crippen LogP contribution is 2.32. The molecule has 28 heteroatoms. The molecule has 0 bridgehead atoms. The number of nitrogens with one attached hydrogen (secondary N) is 6. The van der Waals surface area contributed by atoms with Gasteiger partial charge in [-0.25, -0.2) is 59.8 Å². The van der Waals surface area contributed by atoms with Crippen molar-refractivity contribution >= 4 is 112 Å². The lowest BCUT2D eigenvalue weighted by Gasteiger charge is -2.14. The number of benzene rings is 2. The van der Waals surface area contributed by atoms with E-state index in [-0.39, 0.29) is 0 Å². The molecule has 6 N–H and O–H groups in total. The number of hydrogen-bond donors (Lipinski definition) is 6. The Kier molecular flexibility index (Phi) is 36.3. The van der Waals surface area contributed by atoms with Gasteiger partial charge in [-0.1, -0.05) is 152 Å². The quantitative estimate of drug-likeness (QED) is 0.0157. The lowest BCUT2D eigenvalue weighted by Crippen LogP contribution is -2.15. The van der Waals surface area contributed by atoms with Gasteiger partial charge in [-0.15, -0.1) is 0 Å². The second kappa shape index (κ2) is 49.7. The largest absolute Gasteiger partial charge is 0.376 e. The molecule has 0 aliphatic carbocycles. The molecule has 0 radical (unpaired) electrons. The van der Waals surface area contributed by atoms with E-state index in [0.717, 1.165) is 285 Å². The molecule has 0 saturated carbocycles. The highest BCUT2D eigenvalue weighted by atomic mass is 16.5. The van der Waals surface area contributed by atoms with Crippen molar-refractivity contribution in [2.45, 2.75) is 239 Å². The summed E-state index contributed by atoms with van der Waals surface area (Å²) in [6.07, 6.45) is 40.5. The lowest BCUT2D eigenvalue weighted by atomic mass is 10.1. The average molecular weight is 1810 g/mol. The van der Waals surface area contributed by atoms with Crippen molar-refractivity contribution < 1.29 is 4.74 Å². The molecule has 1 saturated heterocycles. The van der Waals surface area contributed by atoms with E-state index in [1.807, 2.05) is 96.7 Å². The van der Waals surface area contributed by atoms with Crippen molar-refractivity contribution in [2.75, 3.05) is 77.8 Å². The highest BCUT2D eigenvalue weighted by Gasteiger charge is 2.22. The van der Waals surface area contributed by atoms with Crippen LogP contribution in [0.15, 0.2) is 195 Å². The third-order valence-corrected chi connectivity index (χ3v) is 23.1. The molecule has 15 aromatic heterocycles. The molecule has 134 heavy (non-hydrogen) atoms. The van der Waals surface area contributed by atoms with Crippen LogP contribution < -0.4 is 31.9 Å². The molecule has 2 aromatic carbocycles. The number of rotatable bonds is 36. The van der Waals surface area contributed by atoms with E-state index in [4.69, 9.17) is 4.74 Å². The number of nitrogens with zero attached hydrogens (tertiary/aromatic N) is 21. The number of pyridine rings is 3. The summed E-state index contributed by atoms with van der Waals surface area (Å²) in [4.78, 5) is 67.9. The SMILES string of the molecule is CCCCNc1nc(C)nc2c(C)cn(Cc3ccccc3)c12.CCCCNc1nc(C)nc2ccn(CC3CCCO3)c12.CCCCNc1nc(C)nc2ccn(CC=C(C)C)c12.CCCCNc1nc(C)nc2ccn(Cc3cccnc3)c12.CCCCNc1nc(C)nc2ccn(Cc3ccncc3)c12.CCCCNc1nc(C)nc2ccn(Cc3nccc4ccccc34)c12. The van der Waals surface area contributed by atoms with Gasteiger partial charge in [0.1, 0.15) is 68.0 Å². The Balaban J connectivity index is 0.000000137. The van der Waals surface area contributed by atoms with Crippen LogP contribution in [0.2, 0.25) is 0 Å². The summed E-state index contributed by atoms with van der Waals surface area (Å²) in [5.41, 5.74) is 19.7. The second-order valence-electron chi connectivity index (χ2n) is 34.6. The fourth-order valence-electron chi connectivity index (χ4n) is 16.4. The standard InChI is InChI=1S/C21H23N5.C19H24N4.2C17H21N5.C16H24N4O.C16H24N4/c1-3-4-11-23-21-20-18(24-15(2)25-21)10-13-26(20)14-19-17-8-6-5-7-16(17)9-12-22-19;1-4-5-11-20-19-18-17(21-15(3)22-19)14(2)12-23(18)13-16-9-7-6-8-10-16;1-3-4-8-19-17-16-15(20-13(2)21-17)7-11-22(16)12-14-5-9-18-10-6-14;1-3-4-9-19-17-16-15(20-13(2)21-17)7-10-22(16)12-14-6-5-8-18-11-14;1-3-4-8-17-16-15-14(18-12(2)19-16)7-9-20(15)11-13-6-5-10-21-13;1-5-6-9-17-16-15-14(18-13(4)19-16)8-11-20(15)10-7-12(2)3/h5-10,12-13H,3-4,11,14H2,1-2H3,(H,23,24,25);6-10,12H,4-5,11,13H2,1-3H3,(H,20,21,22);5-7,9-11H,3-4,8,12H2,1-2H3,(H,19,20,21);5-8,10-11H,3-4,9,12H2,1-2H3,(H,19,20,21);7,9,13H,3-6,8,10-11H2,1-2H3,(H,17,18,19);7-8,11H,5-6,9-10H2,1-4H3,(H,17,18,19). The number of allylic oxidation sites excluding steroid dienone is 2. The summed E-state index contributed by atoms with van der Waals surface area (Å²) >= 11 is 0. The average Bonchev–Trinajstić information content (AvgIpc) is 1.62. The maximum atomic E-state index is 5.76. The number of aryl methyl sites for hydroxylation is 7. The molecule has 28 nitrogen and oxygen atoms in total. The predicted molar refractivity (Wildman–Crippen MR) is 550 cm³/mol. The molecule has 0 spiro atoms. The van der Waals surface area contributed by atoms with Gasteiger partial charge >= 0.3 is 0 Å².